The number of hydrogen-bond donors (Lipinski definition) is 0. The smallest absolute Gasteiger partial charge is 0.151 e. The van der Waals surface area contributed by atoms with Gasteiger partial charge in [0.15, 0.2) is 5.66 Å². The van der Waals surface area contributed by atoms with E-state index in [9.17, 15) is 0 Å². The highest BCUT2D eigenvalue weighted by Crippen LogP contribution is 2.33. The zero-order valence-corrected chi connectivity index (χ0v) is 12.0. The van der Waals surface area contributed by atoms with E-state index in [1.807, 2.05) is 6.07 Å². The summed E-state index contributed by atoms with van der Waals surface area (Å²) in [6, 6.07) is 4.10. The molecule has 0 N–H and O–H groups in total. The lowest BCUT2D eigenvalue weighted by molar-refractivity contribution is 0.308. The number of hydrogen-bond acceptors (Lipinski definition) is 2. The standard InChI is InChI=1S/C12H12Br2N2/c13-8-6-9(14)11-10(7-8)15-12(16-11)4-2-1-3-5-12/h6-7H,1-5H2. The molecule has 1 aromatic rings. The van der Waals surface area contributed by atoms with E-state index in [-0.39, 0.29) is 5.66 Å². The van der Waals surface area contributed by atoms with E-state index in [0.717, 1.165) is 32.5 Å². The van der Waals surface area contributed by atoms with Crippen LogP contribution in [-0.2, 0) is 0 Å². The Morgan fingerprint density at radius 2 is 1.75 bits per heavy atom. The summed E-state index contributed by atoms with van der Waals surface area (Å²) in [6.45, 7) is 0. The average Bonchev–Trinajstić information content (AvgIpc) is 2.57. The van der Waals surface area contributed by atoms with Crippen LogP contribution < -0.4 is 10.7 Å². The molecule has 0 saturated heterocycles. The Kier molecular flexibility index (Phi) is 2.67. The average molecular weight is 344 g/mol. The fourth-order valence-electron chi connectivity index (χ4n) is 2.55. The van der Waals surface area contributed by atoms with Crippen molar-refractivity contribution in [2.24, 2.45) is 9.98 Å². The predicted octanol–water partition coefficient (Wildman–Crippen LogP) is 3.12. The SMILES string of the molecule is Brc1cc(Br)c2c(c1)=NC1(CCCCC1)N=2. The first-order valence-electron chi connectivity index (χ1n) is 5.63. The van der Waals surface area contributed by atoms with Crippen molar-refractivity contribution < 1.29 is 0 Å². The van der Waals surface area contributed by atoms with Gasteiger partial charge in [-0.3, -0.25) is 9.98 Å². The van der Waals surface area contributed by atoms with Crippen molar-refractivity contribution in [3.05, 3.63) is 31.8 Å². The van der Waals surface area contributed by atoms with Crippen LogP contribution in [-0.4, -0.2) is 5.66 Å². The Labute approximate surface area is 111 Å². The molecule has 16 heavy (non-hydrogen) atoms. The molecule has 0 aromatic heterocycles. The van der Waals surface area contributed by atoms with Gasteiger partial charge in [-0.2, -0.15) is 0 Å². The van der Waals surface area contributed by atoms with Gasteiger partial charge in [0.1, 0.15) is 0 Å². The van der Waals surface area contributed by atoms with Crippen molar-refractivity contribution in [2.45, 2.75) is 37.8 Å². The molecule has 2 nitrogen and oxygen atoms in total. The van der Waals surface area contributed by atoms with Crippen LogP contribution in [0.15, 0.2) is 31.1 Å². The van der Waals surface area contributed by atoms with Crippen LogP contribution >= 0.6 is 31.9 Å². The van der Waals surface area contributed by atoms with Crippen molar-refractivity contribution in [1.82, 2.24) is 0 Å². The first-order chi connectivity index (χ1) is 7.69. The Morgan fingerprint density at radius 3 is 2.50 bits per heavy atom. The summed E-state index contributed by atoms with van der Waals surface area (Å²) in [5, 5.41) is 2.06. The predicted molar refractivity (Wildman–Crippen MR) is 70.0 cm³/mol. The van der Waals surface area contributed by atoms with Gasteiger partial charge < -0.3 is 0 Å². The normalized spacial score (nSPS) is 21.4. The van der Waals surface area contributed by atoms with Gasteiger partial charge in [-0.25, -0.2) is 0 Å². The van der Waals surface area contributed by atoms with Gasteiger partial charge in [-0.05, 0) is 53.7 Å². The van der Waals surface area contributed by atoms with Crippen LogP contribution in [0.25, 0.3) is 0 Å². The van der Waals surface area contributed by atoms with Crippen LogP contribution in [0.3, 0.4) is 0 Å². The highest BCUT2D eigenvalue weighted by molar-refractivity contribution is 9.11. The van der Waals surface area contributed by atoms with E-state index in [1.165, 1.54) is 19.3 Å². The molecule has 1 saturated carbocycles. The van der Waals surface area contributed by atoms with E-state index < -0.39 is 0 Å². The van der Waals surface area contributed by atoms with Gasteiger partial charge in [-0.1, -0.05) is 22.4 Å². The van der Waals surface area contributed by atoms with Crippen molar-refractivity contribution in [3.63, 3.8) is 0 Å². The molecule has 1 fully saturated rings. The largest absolute Gasteiger partial charge is 0.253 e. The summed E-state index contributed by atoms with van der Waals surface area (Å²) in [5.74, 6) is 0. The molecule has 1 heterocycles. The summed E-state index contributed by atoms with van der Waals surface area (Å²) >= 11 is 7.06. The van der Waals surface area contributed by atoms with Crippen LogP contribution in [0.5, 0.6) is 0 Å². The third-order valence-electron chi connectivity index (χ3n) is 3.31. The minimum atomic E-state index is -0.135. The molecule has 1 aromatic carbocycles. The van der Waals surface area contributed by atoms with Crippen molar-refractivity contribution in [2.75, 3.05) is 0 Å². The first-order valence-corrected chi connectivity index (χ1v) is 7.22. The molecule has 0 atom stereocenters. The molecule has 0 amide bonds. The molecule has 0 unspecified atom stereocenters. The number of rotatable bonds is 0. The second-order valence-electron chi connectivity index (χ2n) is 4.52. The van der Waals surface area contributed by atoms with E-state index in [2.05, 4.69) is 37.9 Å². The molecule has 84 valence electrons. The van der Waals surface area contributed by atoms with Crippen molar-refractivity contribution >= 4 is 31.9 Å². The summed E-state index contributed by atoms with van der Waals surface area (Å²) in [7, 11) is 0. The van der Waals surface area contributed by atoms with Gasteiger partial charge in [0.2, 0.25) is 0 Å². The maximum Gasteiger partial charge on any atom is 0.151 e. The first kappa shape index (κ1) is 10.9. The fraction of sp³-hybridized carbons (Fsp3) is 0.500. The van der Waals surface area contributed by atoms with Crippen LogP contribution in [0, 0.1) is 0 Å². The Morgan fingerprint density at radius 1 is 1.00 bits per heavy atom. The molecule has 1 spiro atoms. The van der Waals surface area contributed by atoms with Gasteiger partial charge >= 0.3 is 0 Å². The van der Waals surface area contributed by atoms with E-state index in [1.54, 1.807) is 0 Å². The van der Waals surface area contributed by atoms with Gasteiger partial charge in [-0.15, -0.1) is 0 Å². The molecule has 1 aliphatic carbocycles. The number of halogens is 2. The van der Waals surface area contributed by atoms with Crippen molar-refractivity contribution in [3.8, 4) is 0 Å². The fourth-order valence-corrected chi connectivity index (χ4v) is 3.84. The third kappa shape index (κ3) is 1.76. The number of fused-ring (bicyclic) bond motifs is 1. The lowest BCUT2D eigenvalue weighted by Crippen LogP contribution is -2.26. The van der Waals surface area contributed by atoms with Crippen LogP contribution in [0.1, 0.15) is 32.1 Å². The Hall–Kier alpha value is -0.220. The van der Waals surface area contributed by atoms with E-state index >= 15 is 0 Å². The van der Waals surface area contributed by atoms with Crippen LogP contribution in [0.4, 0.5) is 0 Å². The number of benzene rings is 1. The topological polar surface area (TPSA) is 24.7 Å². The summed E-state index contributed by atoms with van der Waals surface area (Å²) < 4.78 is 2.10. The Bertz CT molecular complexity index is 545. The Balaban J connectivity index is 2.18. The molecular weight excluding hydrogens is 332 g/mol. The second-order valence-corrected chi connectivity index (χ2v) is 6.29. The molecule has 0 bridgehead atoms. The minimum absolute atomic E-state index is 0.135. The monoisotopic (exact) mass is 342 g/mol. The second kappa shape index (κ2) is 3.91. The zero-order valence-electron chi connectivity index (χ0n) is 8.84. The summed E-state index contributed by atoms with van der Waals surface area (Å²) in [5.41, 5.74) is -0.135. The molecule has 2 aliphatic rings. The van der Waals surface area contributed by atoms with Gasteiger partial charge in [0.25, 0.3) is 0 Å². The lowest BCUT2D eigenvalue weighted by atomic mass is 9.90. The highest BCUT2D eigenvalue weighted by Gasteiger charge is 2.33. The minimum Gasteiger partial charge on any atom is -0.253 e. The van der Waals surface area contributed by atoms with E-state index in [4.69, 9.17) is 9.98 Å². The maximum atomic E-state index is 4.85. The highest BCUT2D eigenvalue weighted by atomic mass is 79.9. The van der Waals surface area contributed by atoms with Gasteiger partial charge in [0, 0.05) is 8.95 Å². The quantitative estimate of drug-likeness (QED) is 0.691. The summed E-state index contributed by atoms with van der Waals surface area (Å²) in [6.07, 6.45) is 6.03. The number of nitrogens with zero attached hydrogens (tertiary/aromatic N) is 2. The van der Waals surface area contributed by atoms with Crippen molar-refractivity contribution in [1.29, 1.82) is 0 Å². The lowest BCUT2D eigenvalue weighted by Gasteiger charge is -2.27. The zero-order chi connectivity index (χ0) is 11.2. The van der Waals surface area contributed by atoms with E-state index in [0.29, 0.717) is 0 Å². The summed E-state index contributed by atoms with van der Waals surface area (Å²) in [4.78, 5) is 9.69. The molecule has 3 rings (SSSR count). The molecular formula is C12H12Br2N2. The van der Waals surface area contributed by atoms with Crippen LogP contribution in [0.2, 0.25) is 0 Å². The maximum absolute atomic E-state index is 4.85. The van der Waals surface area contributed by atoms with Gasteiger partial charge in [0.05, 0.1) is 10.7 Å². The molecule has 1 aliphatic heterocycles. The molecule has 0 radical (unpaired) electrons. The molecule has 4 heteroatoms. The third-order valence-corrected chi connectivity index (χ3v) is 4.37.